The van der Waals surface area contributed by atoms with Crippen molar-refractivity contribution in [3.63, 3.8) is 0 Å². The highest BCUT2D eigenvalue weighted by molar-refractivity contribution is 7.07. The van der Waals surface area contributed by atoms with Gasteiger partial charge < -0.3 is 20.8 Å². The van der Waals surface area contributed by atoms with E-state index in [9.17, 15) is 14.7 Å². The third-order valence-electron chi connectivity index (χ3n) is 2.44. The number of aliphatic hydroxyl groups is 1. The third kappa shape index (κ3) is 4.01. The van der Waals surface area contributed by atoms with Crippen molar-refractivity contribution in [2.75, 3.05) is 6.54 Å². The maximum atomic E-state index is 11.5. The molecule has 0 saturated carbocycles. The summed E-state index contributed by atoms with van der Waals surface area (Å²) in [5, 5.41) is 26.9. The molecular formula is C11H16N2O4S. The van der Waals surface area contributed by atoms with Crippen LogP contribution in [0, 0.1) is 0 Å². The summed E-state index contributed by atoms with van der Waals surface area (Å²) in [6.45, 7) is 2.58. The van der Waals surface area contributed by atoms with Gasteiger partial charge in [0.05, 0.1) is 12.6 Å². The summed E-state index contributed by atoms with van der Waals surface area (Å²) in [7, 11) is 0. The quantitative estimate of drug-likeness (QED) is 0.641. The number of amides is 2. The van der Waals surface area contributed by atoms with E-state index in [4.69, 9.17) is 5.11 Å². The minimum atomic E-state index is -1.97. The van der Waals surface area contributed by atoms with Crippen LogP contribution >= 0.6 is 11.3 Å². The molecule has 0 bridgehead atoms. The second-order valence-corrected chi connectivity index (χ2v) is 4.96. The van der Waals surface area contributed by atoms with Gasteiger partial charge in [0.25, 0.3) is 0 Å². The maximum Gasteiger partial charge on any atom is 0.337 e. The average molecular weight is 272 g/mol. The van der Waals surface area contributed by atoms with Crippen LogP contribution in [0.4, 0.5) is 4.79 Å². The molecule has 0 aromatic carbocycles. The zero-order chi connectivity index (χ0) is 13.8. The number of carboxylic acids is 1. The number of carbonyl (C=O) groups excluding carboxylic acids is 1. The first-order chi connectivity index (χ1) is 8.33. The standard InChI is InChI=1S/C11H16N2O4S/c1-7(8-3-4-18-5-8)13-10(16)12-6-11(2,17)9(14)15/h3-5,7,17H,6H2,1-2H3,(H,14,15)(H2,12,13,16). The summed E-state index contributed by atoms with van der Waals surface area (Å²) in [5.41, 5.74) is -0.997. The van der Waals surface area contributed by atoms with E-state index < -0.39 is 17.6 Å². The Morgan fingerprint density at radius 3 is 2.72 bits per heavy atom. The monoisotopic (exact) mass is 272 g/mol. The van der Waals surface area contributed by atoms with Crippen molar-refractivity contribution in [2.45, 2.75) is 25.5 Å². The van der Waals surface area contributed by atoms with Gasteiger partial charge in [0.2, 0.25) is 0 Å². The smallest absolute Gasteiger partial charge is 0.337 e. The topological polar surface area (TPSA) is 98.7 Å². The number of hydrogen-bond donors (Lipinski definition) is 4. The van der Waals surface area contributed by atoms with Crippen molar-refractivity contribution >= 4 is 23.3 Å². The Bertz CT molecular complexity index is 417. The Hall–Kier alpha value is -1.60. The molecule has 2 unspecified atom stereocenters. The molecule has 2 amide bonds. The molecule has 1 rings (SSSR count). The van der Waals surface area contributed by atoms with Gasteiger partial charge in [-0.2, -0.15) is 11.3 Å². The van der Waals surface area contributed by atoms with Crippen LogP contribution in [0.15, 0.2) is 16.8 Å². The van der Waals surface area contributed by atoms with Crippen molar-refractivity contribution in [1.29, 1.82) is 0 Å². The van der Waals surface area contributed by atoms with E-state index in [1.807, 2.05) is 23.8 Å². The van der Waals surface area contributed by atoms with E-state index in [-0.39, 0.29) is 12.6 Å². The van der Waals surface area contributed by atoms with Crippen LogP contribution in [0.3, 0.4) is 0 Å². The molecular weight excluding hydrogens is 256 g/mol. The lowest BCUT2D eigenvalue weighted by Crippen LogP contribution is -2.49. The first kappa shape index (κ1) is 14.5. The normalized spacial score (nSPS) is 15.5. The Morgan fingerprint density at radius 2 is 2.22 bits per heavy atom. The summed E-state index contributed by atoms with van der Waals surface area (Å²) in [5.74, 6) is -1.38. The largest absolute Gasteiger partial charge is 0.479 e. The number of thiophene rings is 1. The van der Waals surface area contributed by atoms with Gasteiger partial charge >= 0.3 is 12.0 Å². The summed E-state index contributed by atoms with van der Waals surface area (Å²) in [6, 6.07) is 1.20. The van der Waals surface area contributed by atoms with Gasteiger partial charge in [-0.3, -0.25) is 0 Å². The van der Waals surface area contributed by atoms with Gasteiger partial charge in [-0.1, -0.05) is 0 Å². The van der Waals surface area contributed by atoms with Crippen molar-refractivity contribution in [1.82, 2.24) is 10.6 Å². The number of carboxylic acid groups (broad SMARTS) is 1. The molecule has 1 heterocycles. The average Bonchev–Trinajstić information content (AvgIpc) is 2.79. The zero-order valence-corrected chi connectivity index (χ0v) is 11.0. The molecule has 0 aliphatic carbocycles. The highest BCUT2D eigenvalue weighted by Gasteiger charge is 2.30. The molecule has 7 heteroatoms. The Morgan fingerprint density at radius 1 is 1.56 bits per heavy atom. The summed E-state index contributed by atoms with van der Waals surface area (Å²) in [6.07, 6.45) is 0. The van der Waals surface area contributed by atoms with Gasteiger partial charge in [0.1, 0.15) is 0 Å². The minimum Gasteiger partial charge on any atom is -0.479 e. The second kappa shape index (κ2) is 5.83. The number of carbonyl (C=O) groups is 2. The van der Waals surface area contributed by atoms with E-state index in [1.54, 1.807) is 0 Å². The highest BCUT2D eigenvalue weighted by atomic mass is 32.1. The van der Waals surface area contributed by atoms with E-state index in [0.717, 1.165) is 12.5 Å². The number of urea groups is 1. The van der Waals surface area contributed by atoms with Crippen LogP contribution < -0.4 is 10.6 Å². The molecule has 0 aliphatic rings. The van der Waals surface area contributed by atoms with Gasteiger partial charge in [0, 0.05) is 0 Å². The summed E-state index contributed by atoms with van der Waals surface area (Å²) < 4.78 is 0. The predicted molar refractivity (Wildman–Crippen MR) is 67.5 cm³/mol. The van der Waals surface area contributed by atoms with Crippen LogP contribution in [-0.4, -0.2) is 34.4 Å². The van der Waals surface area contributed by atoms with Crippen molar-refractivity contribution in [3.8, 4) is 0 Å². The van der Waals surface area contributed by atoms with Crippen molar-refractivity contribution < 1.29 is 19.8 Å². The fourth-order valence-corrected chi connectivity index (χ4v) is 1.93. The van der Waals surface area contributed by atoms with E-state index >= 15 is 0 Å². The number of aliphatic carboxylic acids is 1. The lowest BCUT2D eigenvalue weighted by Gasteiger charge is -2.19. The van der Waals surface area contributed by atoms with Gasteiger partial charge in [-0.05, 0) is 36.2 Å². The molecule has 0 aliphatic heterocycles. The molecule has 1 aromatic rings. The van der Waals surface area contributed by atoms with Crippen molar-refractivity contribution in [2.24, 2.45) is 0 Å². The molecule has 0 radical (unpaired) electrons. The maximum absolute atomic E-state index is 11.5. The molecule has 0 saturated heterocycles. The Labute approximate surface area is 109 Å². The van der Waals surface area contributed by atoms with E-state index in [2.05, 4.69) is 10.6 Å². The van der Waals surface area contributed by atoms with Crippen LogP contribution in [0.5, 0.6) is 0 Å². The third-order valence-corrected chi connectivity index (χ3v) is 3.15. The molecule has 18 heavy (non-hydrogen) atoms. The predicted octanol–water partition coefficient (Wildman–Crippen LogP) is 0.944. The fraction of sp³-hybridized carbons (Fsp3) is 0.455. The van der Waals surface area contributed by atoms with Gasteiger partial charge in [-0.15, -0.1) is 0 Å². The van der Waals surface area contributed by atoms with Gasteiger partial charge in [-0.25, -0.2) is 9.59 Å². The van der Waals surface area contributed by atoms with Crippen LogP contribution in [0.2, 0.25) is 0 Å². The van der Waals surface area contributed by atoms with Crippen LogP contribution in [0.25, 0.3) is 0 Å². The fourth-order valence-electron chi connectivity index (χ4n) is 1.18. The lowest BCUT2D eigenvalue weighted by atomic mass is 10.1. The van der Waals surface area contributed by atoms with Crippen molar-refractivity contribution in [3.05, 3.63) is 22.4 Å². The molecule has 0 spiro atoms. The summed E-state index contributed by atoms with van der Waals surface area (Å²) >= 11 is 1.53. The Kier molecular flexibility index (Phi) is 4.69. The first-order valence-corrected chi connectivity index (χ1v) is 6.29. The summed E-state index contributed by atoms with van der Waals surface area (Å²) in [4.78, 5) is 22.1. The number of nitrogens with one attached hydrogen (secondary N) is 2. The van der Waals surface area contributed by atoms with Crippen LogP contribution in [0.1, 0.15) is 25.5 Å². The molecule has 1 aromatic heterocycles. The number of rotatable bonds is 5. The molecule has 100 valence electrons. The zero-order valence-electron chi connectivity index (χ0n) is 10.1. The second-order valence-electron chi connectivity index (χ2n) is 4.18. The van der Waals surface area contributed by atoms with E-state index in [0.29, 0.717) is 0 Å². The SMILES string of the molecule is CC(NC(=O)NCC(C)(O)C(=O)O)c1ccsc1. The molecule has 4 N–H and O–H groups in total. The molecule has 2 atom stereocenters. The van der Waals surface area contributed by atoms with Crippen LogP contribution in [-0.2, 0) is 4.79 Å². The molecule has 0 fully saturated rings. The number of hydrogen-bond acceptors (Lipinski definition) is 4. The first-order valence-electron chi connectivity index (χ1n) is 5.35. The van der Waals surface area contributed by atoms with Gasteiger partial charge in [0.15, 0.2) is 5.60 Å². The minimum absolute atomic E-state index is 0.175. The Balaban J connectivity index is 2.41. The lowest BCUT2D eigenvalue weighted by molar-refractivity contribution is -0.155. The molecule has 6 nitrogen and oxygen atoms in total. The highest BCUT2D eigenvalue weighted by Crippen LogP contribution is 2.15. The van der Waals surface area contributed by atoms with E-state index in [1.165, 1.54) is 11.3 Å².